The first-order valence-electron chi connectivity index (χ1n) is 11.0. The van der Waals surface area contributed by atoms with Crippen LogP contribution in [0.15, 0.2) is 48.5 Å². The largest absolute Gasteiger partial charge is 0.417 e. The van der Waals surface area contributed by atoms with Crippen LogP contribution < -0.4 is 15.0 Å². The number of ether oxygens (including phenoxy) is 2. The second-order valence-corrected chi connectivity index (χ2v) is 7.50. The van der Waals surface area contributed by atoms with E-state index in [9.17, 15) is 4.79 Å². The maximum Gasteiger partial charge on any atom is 0.417 e. The summed E-state index contributed by atoms with van der Waals surface area (Å²) < 4.78 is 25.6. The van der Waals surface area contributed by atoms with Gasteiger partial charge in [0.1, 0.15) is 17.4 Å². The molecule has 1 aliphatic rings. The number of benzene rings is 2. The summed E-state index contributed by atoms with van der Waals surface area (Å²) >= 11 is 0. The second-order valence-electron chi connectivity index (χ2n) is 7.50. The molecule has 2 aromatic carbocycles. The van der Waals surface area contributed by atoms with E-state index in [-0.39, 0.29) is 17.4 Å². The topological polar surface area (TPSA) is 111 Å². The van der Waals surface area contributed by atoms with Crippen molar-refractivity contribution in [2.24, 2.45) is 0 Å². The van der Waals surface area contributed by atoms with E-state index in [2.05, 4.69) is 20.2 Å². The minimum Gasteiger partial charge on any atom is -0.410 e. The predicted octanol–water partition coefficient (Wildman–Crippen LogP) is 4.02. The lowest BCUT2D eigenvalue weighted by molar-refractivity contribution is -0.191. The lowest BCUT2D eigenvalue weighted by Gasteiger charge is -2.29. The third-order valence-electron chi connectivity index (χ3n) is 5.28. The molecule has 1 aliphatic heterocycles. The highest BCUT2D eigenvalue weighted by Crippen LogP contribution is 2.28. The van der Waals surface area contributed by atoms with Crippen LogP contribution in [0, 0.1) is 12.7 Å². The molecule has 0 bridgehead atoms. The van der Waals surface area contributed by atoms with Crippen LogP contribution in [-0.2, 0) is 20.7 Å². The summed E-state index contributed by atoms with van der Waals surface area (Å²) in [5, 5.41) is 2.54. The third kappa shape index (κ3) is 6.69. The molecular weight excluding hydrogens is 455 g/mol. The monoisotopic (exact) mass is 480 g/mol. The molecule has 35 heavy (non-hydrogen) atoms. The van der Waals surface area contributed by atoms with Crippen LogP contribution >= 0.6 is 0 Å². The van der Waals surface area contributed by atoms with Crippen LogP contribution in [0.4, 0.5) is 20.7 Å². The van der Waals surface area contributed by atoms with Gasteiger partial charge in [0, 0.05) is 30.0 Å². The molecule has 0 atom stereocenters. The summed E-state index contributed by atoms with van der Waals surface area (Å²) in [6.45, 7) is 6.74. The summed E-state index contributed by atoms with van der Waals surface area (Å²) in [6.07, 6.45) is 0.267. The molecule has 2 heterocycles. The SMILES string of the molecule is CCc1nc(-c2ccc(NC(=O)Oc3ccccc3)cc2F)nc(N2CCOCC2)c1C.O=C=O. The smallest absolute Gasteiger partial charge is 0.410 e. The van der Waals surface area contributed by atoms with Crippen molar-refractivity contribution in [1.29, 1.82) is 0 Å². The Hall–Kier alpha value is -4.14. The van der Waals surface area contributed by atoms with E-state index in [0.29, 0.717) is 31.2 Å². The first kappa shape index (κ1) is 25.5. The van der Waals surface area contributed by atoms with Crippen LogP contribution in [0.25, 0.3) is 11.4 Å². The van der Waals surface area contributed by atoms with Crippen LogP contribution in [0.5, 0.6) is 5.75 Å². The summed E-state index contributed by atoms with van der Waals surface area (Å²) in [4.78, 5) is 39.8. The van der Waals surface area contributed by atoms with E-state index in [4.69, 9.17) is 19.1 Å². The van der Waals surface area contributed by atoms with Crippen LogP contribution in [0.1, 0.15) is 18.2 Å². The number of carbonyl (C=O) groups excluding carboxylic acids is 3. The Labute approximate surface area is 201 Å². The van der Waals surface area contributed by atoms with Crippen LogP contribution in [0.3, 0.4) is 0 Å². The van der Waals surface area contributed by atoms with Crippen molar-refractivity contribution in [2.75, 3.05) is 36.5 Å². The molecule has 1 fully saturated rings. The Kier molecular flexibility index (Phi) is 9.00. The number of aromatic nitrogens is 2. The third-order valence-corrected chi connectivity index (χ3v) is 5.28. The fourth-order valence-corrected chi connectivity index (χ4v) is 3.61. The Morgan fingerprint density at radius 3 is 2.46 bits per heavy atom. The lowest BCUT2D eigenvalue weighted by Crippen LogP contribution is -2.37. The van der Waals surface area contributed by atoms with Gasteiger partial charge in [-0.1, -0.05) is 25.1 Å². The molecule has 0 saturated carbocycles. The van der Waals surface area contributed by atoms with Gasteiger partial charge >= 0.3 is 12.2 Å². The Morgan fingerprint density at radius 1 is 1.14 bits per heavy atom. The fourth-order valence-electron chi connectivity index (χ4n) is 3.61. The number of morpholine rings is 1. The molecule has 1 saturated heterocycles. The van der Waals surface area contributed by atoms with E-state index in [0.717, 1.165) is 30.2 Å². The van der Waals surface area contributed by atoms with Gasteiger partial charge in [0.05, 0.1) is 18.8 Å². The predicted molar refractivity (Wildman–Crippen MR) is 126 cm³/mol. The van der Waals surface area contributed by atoms with Gasteiger partial charge in [-0.3, -0.25) is 5.32 Å². The van der Waals surface area contributed by atoms with Crippen molar-refractivity contribution >= 4 is 23.7 Å². The molecule has 0 unspecified atom stereocenters. The number of amides is 1. The summed E-state index contributed by atoms with van der Waals surface area (Å²) in [5.74, 6) is 1.01. The van der Waals surface area contributed by atoms with E-state index >= 15 is 4.39 Å². The van der Waals surface area contributed by atoms with Gasteiger partial charge in [0.25, 0.3) is 0 Å². The van der Waals surface area contributed by atoms with Crippen molar-refractivity contribution < 1.29 is 28.2 Å². The zero-order valence-electron chi connectivity index (χ0n) is 19.4. The average molecular weight is 480 g/mol. The summed E-state index contributed by atoms with van der Waals surface area (Å²) in [5.41, 5.74) is 2.43. The van der Waals surface area contributed by atoms with Crippen molar-refractivity contribution in [2.45, 2.75) is 20.3 Å². The number of para-hydroxylation sites is 1. The molecule has 1 N–H and O–H groups in total. The maximum atomic E-state index is 15.0. The fraction of sp³-hybridized carbons (Fsp3) is 0.280. The number of hydrogen-bond acceptors (Lipinski definition) is 8. The number of rotatable bonds is 5. The van der Waals surface area contributed by atoms with Crippen molar-refractivity contribution in [3.63, 3.8) is 0 Å². The number of nitrogens with zero attached hydrogens (tertiary/aromatic N) is 3. The minimum absolute atomic E-state index is 0.250. The Bertz CT molecular complexity index is 1190. The average Bonchev–Trinajstić information content (AvgIpc) is 2.86. The molecule has 0 aliphatic carbocycles. The van der Waals surface area contributed by atoms with E-state index in [1.807, 2.05) is 19.9 Å². The van der Waals surface area contributed by atoms with E-state index < -0.39 is 11.9 Å². The molecule has 0 radical (unpaired) electrons. The van der Waals surface area contributed by atoms with Gasteiger partial charge in [0.15, 0.2) is 5.82 Å². The molecule has 4 rings (SSSR count). The number of hydrogen-bond donors (Lipinski definition) is 1. The zero-order chi connectivity index (χ0) is 25.2. The van der Waals surface area contributed by atoms with Gasteiger partial charge in [-0.15, -0.1) is 0 Å². The lowest BCUT2D eigenvalue weighted by atomic mass is 10.1. The minimum atomic E-state index is -0.696. The van der Waals surface area contributed by atoms with E-state index in [1.54, 1.807) is 36.4 Å². The summed E-state index contributed by atoms with van der Waals surface area (Å²) in [6, 6.07) is 13.1. The van der Waals surface area contributed by atoms with Crippen LogP contribution in [-0.4, -0.2) is 48.5 Å². The highest BCUT2D eigenvalue weighted by molar-refractivity contribution is 5.86. The van der Waals surface area contributed by atoms with Crippen molar-refractivity contribution in [3.8, 4) is 17.1 Å². The molecule has 9 nitrogen and oxygen atoms in total. The number of nitrogens with one attached hydrogen (secondary N) is 1. The number of carbonyl (C=O) groups is 1. The van der Waals surface area contributed by atoms with Crippen LogP contribution in [0.2, 0.25) is 0 Å². The first-order valence-corrected chi connectivity index (χ1v) is 11.0. The molecular formula is C25H25FN4O5. The highest BCUT2D eigenvalue weighted by Gasteiger charge is 2.20. The molecule has 1 amide bonds. The van der Waals surface area contributed by atoms with Gasteiger partial charge in [-0.05, 0) is 43.7 Å². The van der Waals surface area contributed by atoms with Gasteiger partial charge in [-0.25, -0.2) is 19.2 Å². The van der Waals surface area contributed by atoms with Gasteiger partial charge in [-0.2, -0.15) is 9.59 Å². The van der Waals surface area contributed by atoms with Gasteiger partial charge in [0.2, 0.25) is 0 Å². The van der Waals surface area contributed by atoms with E-state index in [1.165, 1.54) is 6.07 Å². The standard InChI is InChI=1S/C24H25FN4O3.CO2/c1-3-21-16(2)23(29-11-13-31-14-12-29)28-22(27-21)19-10-9-17(15-20(19)25)26-24(30)32-18-7-5-4-6-8-18;2-1-3/h4-10,15H,3,11-14H2,1-2H3,(H,26,30);. The maximum absolute atomic E-state index is 15.0. The number of anilines is 2. The Morgan fingerprint density at radius 2 is 1.83 bits per heavy atom. The zero-order valence-corrected chi connectivity index (χ0v) is 19.4. The summed E-state index contributed by atoms with van der Waals surface area (Å²) in [7, 11) is 0. The number of aryl methyl sites for hydroxylation is 1. The quantitative estimate of drug-likeness (QED) is 0.583. The number of halogens is 1. The van der Waals surface area contributed by atoms with Crippen molar-refractivity contribution in [3.05, 3.63) is 65.6 Å². The van der Waals surface area contributed by atoms with Crippen molar-refractivity contribution in [1.82, 2.24) is 9.97 Å². The molecule has 1 aromatic heterocycles. The Balaban J connectivity index is 0.00000108. The first-order chi connectivity index (χ1) is 17.0. The molecule has 10 heteroatoms. The molecule has 182 valence electrons. The van der Waals surface area contributed by atoms with Gasteiger partial charge < -0.3 is 14.4 Å². The normalized spacial score (nSPS) is 12.7. The highest BCUT2D eigenvalue weighted by atomic mass is 19.1. The second kappa shape index (κ2) is 12.4. The molecule has 0 spiro atoms. The molecule has 3 aromatic rings.